The molecule has 7 heteroatoms. The van der Waals surface area contributed by atoms with E-state index in [4.69, 9.17) is 4.74 Å². The molecule has 0 spiro atoms. The van der Waals surface area contributed by atoms with Crippen molar-refractivity contribution in [1.29, 1.82) is 0 Å². The molecule has 0 unspecified atom stereocenters. The second kappa shape index (κ2) is 7.52. The van der Waals surface area contributed by atoms with Gasteiger partial charge in [-0.3, -0.25) is 9.59 Å². The van der Waals surface area contributed by atoms with Gasteiger partial charge in [-0.1, -0.05) is 30.3 Å². The molecule has 0 saturated heterocycles. The number of esters is 1. The number of carbonyl (C=O) groups is 3. The van der Waals surface area contributed by atoms with Gasteiger partial charge in [0, 0.05) is 20.0 Å². The molecule has 6 nitrogen and oxygen atoms in total. The van der Waals surface area contributed by atoms with Gasteiger partial charge in [0.25, 0.3) is 5.91 Å². The van der Waals surface area contributed by atoms with Crippen molar-refractivity contribution in [3.8, 4) is 0 Å². The van der Waals surface area contributed by atoms with Crippen molar-refractivity contribution in [2.24, 2.45) is 5.92 Å². The van der Waals surface area contributed by atoms with Gasteiger partial charge >= 0.3 is 5.97 Å². The molecule has 2 atom stereocenters. The minimum absolute atomic E-state index is 0.131. The maximum atomic E-state index is 12.7. The van der Waals surface area contributed by atoms with Crippen molar-refractivity contribution in [2.45, 2.75) is 19.3 Å². The van der Waals surface area contributed by atoms with E-state index in [-0.39, 0.29) is 29.2 Å². The van der Waals surface area contributed by atoms with Crippen molar-refractivity contribution >= 4 is 34.1 Å². The van der Waals surface area contributed by atoms with Crippen LogP contribution in [0.1, 0.15) is 43.5 Å². The van der Waals surface area contributed by atoms with Crippen LogP contribution in [0, 0.1) is 12.8 Å². The van der Waals surface area contributed by atoms with Gasteiger partial charge in [0.1, 0.15) is 5.00 Å². The molecule has 27 heavy (non-hydrogen) atoms. The van der Waals surface area contributed by atoms with E-state index < -0.39 is 5.97 Å². The second-order valence-corrected chi connectivity index (χ2v) is 7.82. The summed E-state index contributed by atoms with van der Waals surface area (Å²) >= 11 is 1.11. The van der Waals surface area contributed by atoms with Crippen LogP contribution >= 0.6 is 11.3 Å². The van der Waals surface area contributed by atoms with Crippen LogP contribution in [0.4, 0.5) is 5.00 Å². The van der Waals surface area contributed by atoms with Crippen molar-refractivity contribution in [3.63, 3.8) is 0 Å². The van der Waals surface area contributed by atoms with Crippen LogP contribution in [-0.4, -0.2) is 43.9 Å². The molecule has 1 N–H and O–H groups in total. The lowest BCUT2D eigenvalue weighted by atomic mass is 10.1. The van der Waals surface area contributed by atoms with Gasteiger partial charge < -0.3 is 15.0 Å². The summed E-state index contributed by atoms with van der Waals surface area (Å²) in [5, 5.41) is 3.22. The quantitative estimate of drug-likeness (QED) is 0.800. The molecule has 1 aromatic heterocycles. The monoisotopic (exact) mass is 386 g/mol. The summed E-state index contributed by atoms with van der Waals surface area (Å²) in [6, 6.07) is 9.89. The van der Waals surface area contributed by atoms with E-state index >= 15 is 0 Å². The zero-order valence-corrected chi connectivity index (χ0v) is 16.6. The van der Waals surface area contributed by atoms with Crippen molar-refractivity contribution in [3.05, 3.63) is 51.9 Å². The third-order valence-electron chi connectivity index (χ3n) is 4.73. The van der Waals surface area contributed by atoms with Crippen molar-refractivity contribution in [1.82, 2.24) is 4.90 Å². The van der Waals surface area contributed by atoms with Gasteiger partial charge in [-0.15, -0.1) is 11.3 Å². The lowest BCUT2D eigenvalue weighted by Gasteiger charge is -2.08. The summed E-state index contributed by atoms with van der Waals surface area (Å²) in [7, 11) is 4.57. The highest BCUT2D eigenvalue weighted by Gasteiger charge is 2.44. The van der Waals surface area contributed by atoms with Gasteiger partial charge in [-0.05, 0) is 30.4 Å². The first-order chi connectivity index (χ1) is 12.8. The van der Waals surface area contributed by atoms with Gasteiger partial charge in [-0.2, -0.15) is 0 Å². The molecule has 1 aromatic carbocycles. The average Bonchev–Trinajstić information content (AvgIpc) is 3.40. The predicted octanol–water partition coefficient (Wildman–Crippen LogP) is 3.29. The van der Waals surface area contributed by atoms with E-state index in [2.05, 4.69) is 5.32 Å². The number of thiophene rings is 1. The summed E-state index contributed by atoms with van der Waals surface area (Å²) in [5.74, 6) is -0.854. The molecule has 2 aromatic rings. The number of rotatable bonds is 5. The van der Waals surface area contributed by atoms with Crippen LogP contribution in [0.3, 0.4) is 0 Å². The Morgan fingerprint density at radius 3 is 2.44 bits per heavy atom. The molecule has 142 valence electrons. The van der Waals surface area contributed by atoms with E-state index in [1.165, 1.54) is 12.0 Å². The fraction of sp³-hybridized carbons (Fsp3) is 0.350. The third-order valence-corrected chi connectivity index (χ3v) is 5.92. The number of nitrogens with one attached hydrogen (secondary N) is 1. The lowest BCUT2D eigenvalue weighted by Crippen LogP contribution is -2.21. The Morgan fingerprint density at radius 2 is 1.85 bits per heavy atom. The number of benzene rings is 1. The van der Waals surface area contributed by atoms with Crippen LogP contribution in [0.2, 0.25) is 0 Å². The number of carbonyl (C=O) groups excluding carboxylic acids is 3. The molecule has 3 rings (SSSR count). The Balaban J connectivity index is 1.84. The largest absolute Gasteiger partial charge is 0.465 e. The normalized spacial score (nSPS) is 17.9. The highest BCUT2D eigenvalue weighted by atomic mass is 32.1. The summed E-state index contributed by atoms with van der Waals surface area (Å²) < 4.78 is 4.85. The van der Waals surface area contributed by atoms with E-state index in [0.717, 1.165) is 23.3 Å². The number of nitrogens with zero attached hydrogens (tertiary/aromatic N) is 1. The number of hydrogen-bond donors (Lipinski definition) is 1. The SMILES string of the molecule is COC(=O)c1c(NC(=O)[C@@H]2C[C@@H]2c2ccccc2)sc(C(=O)N(C)C)c1C. The van der Waals surface area contributed by atoms with Gasteiger partial charge in [0.2, 0.25) is 5.91 Å². The topological polar surface area (TPSA) is 75.7 Å². The van der Waals surface area contributed by atoms with Gasteiger partial charge in [0.05, 0.1) is 17.6 Å². The molecule has 0 bridgehead atoms. The minimum Gasteiger partial charge on any atom is -0.465 e. The smallest absolute Gasteiger partial charge is 0.341 e. The molecule has 1 aliphatic rings. The van der Waals surface area contributed by atoms with Crippen LogP contribution in [0.5, 0.6) is 0 Å². The number of methoxy groups -OCH3 is 1. The number of hydrogen-bond acceptors (Lipinski definition) is 5. The van der Waals surface area contributed by atoms with Crippen molar-refractivity contribution < 1.29 is 19.1 Å². The lowest BCUT2D eigenvalue weighted by molar-refractivity contribution is -0.117. The number of amides is 2. The Hall–Kier alpha value is -2.67. The molecule has 0 radical (unpaired) electrons. The Kier molecular flexibility index (Phi) is 5.32. The highest BCUT2D eigenvalue weighted by molar-refractivity contribution is 7.18. The Bertz CT molecular complexity index is 889. The number of anilines is 1. The summed E-state index contributed by atoms with van der Waals surface area (Å²) in [4.78, 5) is 39.2. The molecule has 2 amide bonds. The Labute approximate surface area is 162 Å². The maximum Gasteiger partial charge on any atom is 0.341 e. The highest BCUT2D eigenvalue weighted by Crippen LogP contribution is 2.48. The van der Waals surface area contributed by atoms with E-state index in [1.54, 1.807) is 21.0 Å². The second-order valence-electron chi connectivity index (χ2n) is 6.80. The summed E-state index contributed by atoms with van der Waals surface area (Å²) in [6.07, 6.45) is 0.775. The molecular formula is C20H22N2O4S. The first-order valence-corrected chi connectivity index (χ1v) is 9.46. The summed E-state index contributed by atoms with van der Waals surface area (Å²) in [5.41, 5.74) is 1.91. The van der Waals surface area contributed by atoms with E-state index in [9.17, 15) is 14.4 Å². The van der Waals surface area contributed by atoms with Crippen molar-refractivity contribution in [2.75, 3.05) is 26.5 Å². The van der Waals surface area contributed by atoms with E-state index in [0.29, 0.717) is 15.4 Å². The van der Waals surface area contributed by atoms with Crippen LogP contribution in [0.25, 0.3) is 0 Å². The number of ether oxygens (including phenoxy) is 1. The molecular weight excluding hydrogens is 364 g/mol. The first-order valence-electron chi connectivity index (χ1n) is 8.64. The Morgan fingerprint density at radius 1 is 1.19 bits per heavy atom. The maximum absolute atomic E-state index is 12.7. The van der Waals surface area contributed by atoms with Crippen LogP contribution in [-0.2, 0) is 9.53 Å². The standard InChI is InChI=1S/C20H22N2O4S/c1-11-15(20(25)26-4)18(27-16(11)19(24)22(2)3)21-17(23)14-10-13(14)12-8-6-5-7-9-12/h5-9,13-14H,10H2,1-4H3,(H,21,23)/t13-,14-/m1/s1. The average molecular weight is 386 g/mol. The van der Waals surface area contributed by atoms with Gasteiger partial charge in [-0.25, -0.2) is 4.79 Å². The van der Waals surface area contributed by atoms with Crippen LogP contribution in [0.15, 0.2) is 30.3 Å². The first kappa shape index (κ1) is 19.1. The zero-order valence-electron chi connectivity index (χ0n) is 15.7. The fourth-order valence-corrected chi connectivity index (χ4v) is 4.33. The predicted molar refractivity (Wildman–Crippen MR) is 104 cm³/mol. The molecule has 1 saturated carbocycles. The third kappa shape index (κ3) is 3.73. The van der Waals surface area contributed by atoms with Crippen LogP contribution < -0.4 is 5.32 Å². The fourth-order valence-electron chi connectivity index (χ4n) is 3.11. The molecule has 1 aliphatic carbocycles. The van der Waals surface area contributed by atoms with Gasteiger partial charge in [0.15, 0.2) is 0 Å². The minimum atomic E-state index is -0.563. The summed E-state index contributed by atoms with van der Waals surface area (Å²) in [6.45, 7) is 1.69. The molecule has 1 heterocycles. The molecule has 0 aliphatic heterocycles. The zero-order chi connectivity index (χ0) is 19.7. The molecule has 1 fully saturated rings. The van der Waals surface area contributed by atoms with E-state index in [1.807, 2.05) is 30.3 Å².